The summed E-state index contributed by atoms with van der Waals surface area (Å²) in [6, 6.07) is 14.2. The third-order valence-corrected chi connectivity index (χ3v) is 7.17. The Morgan fingerprint density at radius 1 is 1.16 bits per heavy atom. The molecular weight excluding hydrogens is 505 g/mol. The fraction of sp³-hybridized carbons (Fsp3) is 0.182. The summed E-state index contributed by atoms with van der Waals surface area (Å²) >= 11 is 4.70. The van der Waals surface area contributed by atoms with Crippen molar-refractivity contribution in [3.63, 3.8) is 0 Å². The summed E-state index contributed by atoms with van der Waals surface area (Å²) in [6.45, 7) is 0. The average Bonchev–Trinajstić information content (AvgIpc) is 3.41. The lowest BCUT2D eigenvalue weighted by atomic mass is 10.0. The first-order chi connectivity index (χ1) is 15.3. The molecule has 10 heteroatoms. The van der Waals surface area contributed by atoms with Gasteiger partial charge in [0.2, 0.25) is 0 Å². The summed E-state index contributed by atoms with van der Waals surface area (Å²) in [5, 5.41) is 13.6. The molecule has 4 aromatic rings. The van der Waals surface area contributed by atoms with Gasteiger partial charge in [-0.15, -0.1) is 11.3 Å². The number of hydrogen-bond acceptors (Lipinski definition) is 4. The van der Waals surface area contributed by atoms with Crippen LogP contribution in [0.4, 0.5) is 24.7 Å². The van der Waals surface area contributed by atoms with E-state index in [1.165, 1.54) is 11.3 Å². The Morgan fingerprint density at radius 3 is 2.69 bits per heavy atom. The van der Waals surface area contributed by atoms with E-state index in [1.807, 2.05) is 35.7 Å². The molecule has 0 bridgehead atoms. The van der Waals surface area contributed by atoms with Gasteiger partial charge >= 0.3 is 6.18 Å². The molecule has 2 atom stereocenters. The molecule has 0 fully saturated rings. The molecule has 3 heterocycles. The molecule has 1 aliphatic rings. The van der Waals surface area contributed by atoms with Gasteiger partial charge < -0.3 is 10.6 Å². The van der Waals surface area contributed by atoms with Crippen molar-refractivity contribution < 1.29 is 18.0 Å². The molecule has 164 valence electrons. The van der Waals surface area contributed by atoms with Crippen molar-refractivity contribution >= 4 is 55.5 Å². The largest absolute Gasteiger partial charge is 0.410 e. The van der Waals surface area contributed by atoms with Crippen LogP contribution in [0.1, 0.15) is 33.9 Å². The lowest BCUT2D eigenvalue weighted by Gasteiger charge is -2.33. The zero-order valence-electron chi connectivity index (χ0n) is 16.4. The maximum absolute atomic E-state index is 13.9. The molecule has 5 nitrogen and oxygen atoms in total. The summed E-state index contributed by atoms with van der Waals surface area (Å²) in [5.41, 5.74) is 0.448. The van der Waals surface area contributed by atoms with Gasteiger partial charge in [0.05, 0.1) is 10.5 Å². The number of carbonyl (C=O) groups excluding carboxylic acids is 1. The van der Waals surface area contributed by atoms with Crippen LogP contribution in [0, 0.1) is 0 Å². The highest BCUT2D eigenvalue weighted by molar-refractivity contribution is 9.10. The van der Waals surface area contributed by atoms with E-state index >= 15 is 0 Å². The van der Waals surface area contributed by atoms with Gasteiger partial charge in [-0.3, -0.25) is 4.79 Å². The van der Waals surface area contributed by atoms with Crippen LogP contribution >= 0.6 is 27.3 Å². The van der Waals surface area contributed by atoms with Crippen LogP contribution in [-0.4, -0.2) is 21.9 Å². The Morgan fingerprint density at radius 2 is 1.94 bits per heavy atom. The summed E-state index contributed by atoms with van der Waals surface area (Å²) in [4.78, 5) is 13.8. The van der Waals surface area contributed by atoms with Gasteiger partial charge in [-0.05, 0) is 38.8 Å². The second kappa shape index (κ2) is 7.93. The molecule has 1 aliphatic heterocycles. The molecule has 0 aliphatic carbocycles. The van der Waals surface area contributed by atoms with E-state index in [1.54, 1.807) is 24.3 Å². The van der Waals surface area contributed by atoms with Crippen molar-refractivity contribution in [2.24, 2.45) is 0 Å². The minimum Gasteiger partial charge on any atom is -0.362 e. The van der Waals surface area contributed by atoms with Gasteiger partial charge in [0, 0.05) is 22.4 Å². The number of nitrogens with one attached hydrogen (secondary N) is 2. The molecule has 0 spiro atoms. The molecular formula is C22H16BrF3N4OS. The number of halogens is 4. The number of benzene rings is 2. The molecule has 5 rings (SSSR count). The summed E-state index contributed by atoms with van der Waals surface area (Å²) < 4.78 is 42.8. The molecule has 1 amide bonds. The van der Waals surface area contributed by atoms with Crippen molar-refractivity contribution in [2.75, 3.05) is 10.6 Å². The van der Waals surface area contributed by atoms with Gasteiger partial charge in [0.1, 0.15) is 5.82 Å². The number of rotatable bonds is 3. The second-order valence-electron chi connectivity index (χ2n) is 7.44. The fourth-order valence-corrected chi connectivity index (χ4v) is 5.27. The van der Waals surface area contributed by atoms with Crippen LogP contribution in [0.2, 0.25) is 0 Å². The maximum atomic E-state index is 13.9. The van der Waals surface area contributed by atoms with Crippen molar-refractivity contribution in [1.29, 1.82) is 0 Å². The highest BCUT2D eigenvalue weighted by Crippen LogP contribution is 2.47. The van der Waals surface area contributed by atoms with E-state index in [2.05, 4.69) is 31.7 Å². The number of alkyl halides is 3. The zero-order chi connectivity index (χ0) is 22.5. The van der Waals surface area contributed by atoms with Crippen LogP contribution < -0.4 is 10.6 Å². The fourth-order valence-electron chi connectivity index (χ4n) is 3.93. The van der Waals surface area contributed by atoms with Crippen LogP contribution in [0.5, 0.6) is 0 Å². The lowest BCUT2D eigenvalue weighted by Crippen LogP contribution is -2.35. The Kier molecular flexibility index (Phi) is 5.21. The average molecular weight is 521 g/mol. The van der Waals surface area contributed by atoms with Crippen molar-refractivity contribution in [2.45, 2.75) is 24.7 Å². The number of fused-ring (bicyclic) bond motifs is 2. The summed E-state index contributed by atoms with van der Waals surface area (Å²) in [7, 11) is 0. The van der Waals surface area contributed by atoms with Gasteiger partial charge in [-0.25, -0.2) is 4.68 Å². The minimum absolute atomic E-state index is 0.110. The molecule has 0 radical (unpaired) electrons. The van der Waals surface area contributed by atoms with Gasteiger partial charge in [-0.2, -0.15) is 18.3 Å². The number of anilines is 2. The molecule has 0 saturated carbocycles. The monoisotopic (exact) mass is 520 g/mol. The Labute approximate surface area is 193 Å². The van der Waals surface area contributed by atoms with E-state index in [0.29, 0.717) is 5.69 Å². The minimum atomic E-state index is -4.51. The number of aromatic nitrogens is 2. The second-order valence-corrected chi connectivity index (χ2v) is 9.21. The standard InChI is InChI=1S/C22H16BrF3N4OS/c23-18-19(21(31)28-14-8-3-6-12-5-1-2-7-13(12)14)29-30-17(22(24,25)26)11-15(27-20(18)30)16-9-4-10-32-16/h1-10,15,17,27H,11H2,(H,28,31)/t15-,17-/m1/s1. The predicted molar refractivity (Wildman–Crippen MR) is 122 cm³/mol. The van der Waals surface area contributed by atoms with E-state index in [-0.39, 0.29) is 22.4 Å². The molecule has 2 aromatic heterocycles. The third kappa shape index (κ3) is 3.67. The predicted octanol–water partition coefficient (Wildman–Crippen LogP) is 6.77. The number of carbonyl (C=O) groups is 1. The topological polar surface area (TPSA) is 59.0 Å². The first kappa shape index (κ1) is 21.0. The number of thiophene rings is 1. The van der Waals surface area contributed by atoms with Crippen LogP contribution in [0.15, 0.2) is 64.5 Å². The van der Waals surface area contributed by atoms with Gasteiger partial charge in [0.15, 0.2) is 11.7 Å². The molecule has 2 N–H and O–H groups in total. The molecule has 2 aromatic carbocycles. The van der Waals surface area contributed by atoms with Gasteiger partial charge in [-0.1, -0.05) is 42.5 Å². The Hall–Kier alpha value is -2.85. The molecule has 0 unspecified atom stereocenters. The van der Waals surface area contributed by atoms with E-state index in [0.717, 1.165) is 20.3 Å². The highest BCUT2D eigenvalue weighted by Gasteiger charge is 2.48. The lowest BCUT2D eigenvalue weighted by molar-refractivity contribution is -0.173. The SMILES string of the molecule is O=C(Nc1cccc2ccccc12)c1nn2c(c1Br)N[C@@H](c1cccs1)C[C@@H]2C(F)(F)F. The van der Waals surface area contributed by atoms with E-state index in [4.69, 9.17) is 0 Å². The number of amides is 1. The van der Waals surface area contributed by atoms with E-state index < -0.39 is 24.2 Å². The molecule has 32 heavy (non-hydrogen) atoms. The van der Waals surface area contributed by atoms with Gasteiger partial charge in [0.25, 0.3) is 5.91 Å². The third-order valence-electron chi connectivity index (χ3n) is 5.44. The Bertz CT molecular complexity index is 1300. The number of nitrogens with zero attached hydrogens (tertiary/aromatic N) is 2. The normalized spacial score (nSPS) is 18.2. The zero-order valence-corrected chi connectivity index (χ0v) is 18.8. The quantitative estimate of drug-likeness (QED) is 0.313. The van der Waals surface area contributed by atoms with Crippen LogP contribution in [0.25, 0.3) is 10.8 Å². The highest BCUT2D eigenvalue weighted by atomic mass is 79.9. The summed E-state index contributed by atoms with van der Waals surface area (Å²) in [6.07, 6.45) is -4.73. The molecule has 0 saturated heterocycles. The first-order valence-corrected chi connectivity index (χ1v) is 11.4. The first-order valence-electron chi connectivity index (χ1n) is 9.76. The maximum Gasteiger partial charge on any atom is 0.410 e. The summed E-state index contributed by atoms with van der Waals surface area (Å²) in [5.74, 6) is -0.453. The smallest absolute Gasteiger partial charge is 0.362 e. The van der Waals surface area contributed by atoms with Crippen molar-refractivity contribution in [1.82, 2.24) is 9.78 Å². The Balaban J connectivity index is 1.52. The van der Waals surface area contributed by atoms with Crippen LogP contribution in [-0.2, 0) is 0 Å². The van der Waals surface area contributed by atoms with Crippen molar-refractivity contribution in [3.8, 4) is 0 Å². The number of hydrogen-bond donors (Lipinski definition) is 2. The van der Waals surface area contributed by atoms with Crippen LogP contribution in [0.3, 0.4) is 0 Å². The van der Waals surface area contributed by atoms with Crippen molar-refractivity contribution in [3.05, 3.63) is 75.0 Å². The van der Waals surface area contributed by atoms with E-state index in [9.17, 15) is 18.0 Å².